The lowest BCUT2D eigenvalue weighted by Gasteiger charge is -2.30. The number of rotatable bonds is 6. The third-order valence-corrected chi connectivity index (χ3v) is 3.19. The van der Waals surface area contributed by atoms with Crippen LogP contribution in [0.5, 0.6) is 0 Å². The molecule has 0 aromatic heterocycles. The summed E-state index contributed by atoms with van der Waals surface area (Å²) in [7, 11) is 0. The molecule has 1 unspecified atom stereocenters. The molecule has 0 aliphatic rings. The number of hydrogen-bond acceptors (Lipinski definition) is 3. The minimum Gasteiger partial charge on any atom is -0.294 e. The molecule has 3 N–H and O–H groups in total. The van der Waals surface area contributed by atoms with Crippen molar-refractivity contribution in [2.24, 2.45) is 5.84 Å². The Kier molecular flexibility index (Phi) is 6.17. The second kappa shape index (κ2) is 7.42. The lowest BCUT2D eigenvalue weighted by Crippen LogP contribution is -2.45. The van der Waals surface area contributed by atoms with Crippen LogP contribution in [0.2, 0.25) is 0 Å². The Bertz CT molecular complexity index is 449. The number of hydrogen-bond donors (Lipinski definition) is 2. The van der Waals surface area contributed by atoms with E-state index in [1.54, 1.807) is 44.2 Å². The first-order valence-corrected chi connectivity index (χ1v) is 6.60. The number of nitrogens with two attached hydrogens (primary N) is 1. The highest BCUT2D eigenvalue weighted by Crippen LogP contribution is 2.23. The Morgan fingerprint density at radius 3 is 2.29 bits per heavy atom. The molecule has 1 atom stereocenters. The maximum absolute atomic E-state index is 12.6. The molecule has 118 valence electrons. The minimum absolute atomic E-state index is 0.0514. The van der Waals surface area contributed by atoms with Gasteiger partial charge in [0.05, 0.1) is 12.5 Å². The van der Waals surface area contributed by atoms with Gasteiger partial charge in [0.25, 0.3) is 0 Å². The van der Waals surface area contributed by atoms with E-state index in [-0.39, 0.29) is 12.6 Å². The summed E-state index contributed by atoms with van der Waals surface area (Å²) in [6.07, 6.45) is -4.31. The van der Waals surface area contributed by atoms with Gasteiger partial charge in [-0.2, -0.15) is 13.2 Å². The lowest BCUT2D eigenvalue weighted by atomic mass is 9.97. The van der Waals surface area contributed by atoms with Crippen LogP contribution in [0.4, 0.5) is 13.2 Å². The van der Waals surface area contributed by atoms with Gasteiger partial charge < -0.3 is 0 Å². The van der Waals surface area contributed by atoms with Crippen LogP contribution in [0.15, 0.2) is 30.3 Å². The first-order chi connectivity index (χ1) is 9.74. The summed E-state index contributed by atoms with van der Waals surface area (Å²) in [6.45, 7) is 2.21. The average molecular weight is 303 g/mol. The van der Waals surface area contributed by atoms with Crippen LogP contribution in [0.3, 0.4) is 0 Å². The molecule has 0 aliphatic heterocycles. The zero-order chi connectivity index (χ0) is 16.0. The summed E-state index contributed by atoms with van der Waals surface area (Å²) in [5.74, 6) is 3.89. The molecule has 21 heavy (non-hydrogen) atoms. The summed E-state index contributed by atoms with van der Waals surface area (Å²) in [5, 5.41) is 0. The minimum atomic E-state index is -4.31. The van der Waals surface area contributed by atoms with Gasteiger partial charge in [-0.05, 0) is 19.4 Å². The maximum Gasteiger partial charge on any atom is 0.401 e. The molecule has 1 amide bonds. The summed E-state index contributed by atoms with van der Waals surface area (Å²) in [6, 6.07) is 8.29. The number of halogens is 3. The van der Waals surface area contributed by atoms with Crippen molar-refractivity contribution in [3.05, 3.63) is 35.9 Å². The van der Waals surface area contributed by atoms with Gasteiger partial charge in [0.2, 0.25) is 5.91 Å². The number of alkyl halides is 3. The maximum atomic E-state index is 12.6. The Morgan fingerprint density at radius 2 is 1.86 bits per heavy atom. The molecule has 1 aromatic carbocycles. The fourth-order valence-electron chi connectivity index (χ4n) is 2.05. The number of carbonyl (C=O) groups excluding carboxylic acids is 1. The molecule has 0 radical (unpaired) electrons. The summed E-state index contributed by atoms with van der Waals surface area (Å²) < 4.78 is 37.9. The quantitative estimate of drug-likeness (QED) is 0.480. The van der Waals surface area contributed by atoms with Crippen LogP contribution in [0, 0.1) is 0 Å². The van der Waals surface area contributed by atoms with Gasteiger partial charge in [-0.1, -0.05) is 30.3 Å². The predicted octanol–water partition coefficient (Wildman–Crippen LogP) is 2.03. The second-order valence-electron chi connectivity index (χ2n) is 5.11. The van der Waals surface area contributed by atoms with Gasteiger partial charge in [0.15, 0.2) is 0 Å². The molecule has 0 saturated carbocycles. The fourth-order valence-corrected chi connectivity index (χ4v) is 2.05. The number of benzene rings is 1. The Balaban J connectivity index is 2.96. The van der Waals surface area contributed by atoms with Gasteiger partial charge in [-0.25, -0.2) is 5.84 Å². The van der Waals surface area contributed by atoms with E-state index >= 15 is 0 Å². The van der Waals surface area contributed by atoms with Gasteiger partial charge in [-0.3, -0.25) is 15.1 Å². The third-order valence-electron chi connectivity index (χ3n) is 3.19. The van der Waals surface area contributed by atoms with E-state index in [0.29, 0.717) is 5.56 Å². The normalized spacial score (nSPS) is 13.5. The summed E-state index contributed by atoms with van der Waals surface area (Å²) >= 11 is 0. The smallest absolute Gasteiger partial charge is 0.294 e. The molecule has 0 heterocycles. The van der Waals surface area contributed by atoms with E-state index in [1.165, 1.54) is 4.90 Å². The van der Waals surface area contributed by atoms with Crippen LogP contribution in [0.25, 0.3) is 0 Å². The van der Waals surface area contributed by atoms with Crippen molar-refractivity contribution >= 4 is 5.91 Å². The average Bonchev–Trinajstić information content (AvgIpc) is 2.42. The van der Waals surface area contributed by atoms with E-state index in [9.17, 15) is 18.0 Å². The van der Waals surface area contributed by atoms with E-state index in [2.05, 4.69) is 0 Å². The van der Waals surface area contributed by atoms with Crippen LogP contribution in [-0.2, 0) is 4.79 Å². The van der Waals surface area contributed by atoms with E-state index in [0.717, 1.165) is 0 Å². The van der Waals surface area contributed by atoms with Gasteiger partial charge >= 0.3 is 6.18 Å². The number of amides is 1. The van der Waals surface area contributed by atoms with Crippen molar-refractivity contribution in [3.8, 4) is 0 Å². The first kappa shape index (κ1) is 17.5. The molecule has 0 aliphatic carbocycles. The number of carbonyl (C=O) groups is 1. The van der Waals surface area contributed by atoms with Crippen LogP contribution < -0.4 is 11.3 Å². The highest BCUT2D eigenvalue weighted by molar-refractivity contribution is 5.83. The third kappa shape index (κ3) is 5.73. The molecule has 0 spiro atoms. The van der Waals surface area contributed by atoms with E-state index in [1.807, 2.05) is 5.43 Å². The van der Waals surface area contributed by atoms with Crippen molar-refractivity contribution in [1.29, 1.82) is 0 Å². The van der Waals surface area contributed by atoms with Crippen LogP contribution in [0.1, 0.15) is 25.3 Å². The first-order valence-electron chi connectivity index (χ1n) is 6.60. The predicted molar refractivity (Wildman–Crippen MR) is 74.3 cm³/mol. The Morgan fingerprint density at radius 1 is 1.29 bits per heavy atom. The number of nitrogens with one attached hydrogen (secondary N) is 1. The molecule has 4 nitrogen and oxygen atoms in total. The highest BCUT2D eigenvalue weighted by Gasteiger charge is 2.34. The van der Waals surface area contributed by atoms with E-state index in [4.69, 9.17) is 5.84 Å². The number of nitrogens with zero attached hydrogens (tertiary/aromatic N) is 1. The van der Waals surface area contributed by atoms with Crippen molar-refractivity contribution in [1.82, 2.24) is 10.3 Å². The van der Waals surface area contributed by atoms with Crippen LogP contribution in [-0.4, -0.2) is 36.1 Å². The zero-order valence-corrected chi connectivity index (χ0v) is 12.0. The van der Waals surface area contributed by atoms with Gasteiger partial charge in [0, 0.05) is 12.6 Å². The topological polar surface area (TPSA) is 58.4 Å². The molecule has 1 aromatic rings. The summed E-state index contributed by atoms with van der Waals surface area (Å²) in [4.78, 5) is 13.1. The largest absolute Gasteiger partial charge is 0.401 e. The molecule has 0 saturated heterocycles. The number of hydrazine groups is 1. The SMILES string of the molecule is CC(C)N(CC(C(=O)NN)c1ccccc1)CC(F)(F)F. The molecular weight excluding hydrogens is 283 g/mol. The molecular formula is C14H20F3N3O. The molecule has 1 rings (SSSR count). The van der Waals surface area contributed by atoms with Crippen molar-refractivity contribution in [3.63, 3.8) is 0 Å². The van der Waals surface area contributed by atoms with Gasteiger partial charge in [-0.15, -0.1) is 0 Å². The van der Waals surface area contributed by atoms with E-state index < -0.39 is 24.5 Å². The van der Waals surface area contributed by atoms with Gasteiger partial charge in [0.1, 0.15) is 0 Å². The summed E-state index contributed by atoms with van der Waals surface area (Å²) in [5.41, 5.74) is 2.66. The zero-order valence-electron chi connectivity index (χ0n) is 12.0. The van der Waals surface area contributed by atoms with Crippen molar-refractivity contribution in [2.75, 3.05) is 13.1 Å². The Labute approximate surface area is 122 Å². The van der Waals surface area contributed by atoms with Crippen LogP contribution >= 0.6 is 0 Å². The second-order valence-corrected chi connectivity index (χ2v) is 5.11. The molecule has 0 bridgehead atoms. The fraction of sp³-hybridized carbons (Fsp3) is 0.500. The molecule has 7 heteroatoms. The highest BCUT2D eigenvalue weighted by atomic mass is 19.4. The Hall–Kier alpha value is -1.60. The lowest BCUT2D eigenvalue weighted by molar-refractivity contribution is -0.151. The molecule has 0 fully saturated rings. The van der Waals surface area contributed by atoms with Crippen molar-refractivity contribution in [2.45, 2.75) is 32.0 Å². The standard InChI is InChI=1S/C14H20F3N3O/c1-10(2)20(9-14(15,16)17)8-12(13(21)19-18)11-6-4-3-5-7-11/h3-7,10,12H,8-9,18H2,1-2H3,(H,19,21). The monoisotopic (exact) mass is 303 g/mol. The van der Waals surface area contributed by atoms with Crippen molar-refractivity contribution < 1.29 is 18.0 Å².